The summed E-state index contributed by atoms with van der Waals surface area (Å²) in [6, 6.07) is 8.87. The first-order chi connectivity index (χ1) is 10.5. The maximum absolute atomic E-state index is 12.4. The van der Waals surface area contributed by atoms with Gasteiger partial charge in [-0.25, -0.2) is 0 Å². The van der Waals surface area contributed by atoms with E-state index < -0.39 is 0 Å². The summed E-state index contributed by atoms with van der Waals surface area (Å²) in [5, 5.41) is 2.49. The maximum Gasteiger partial charge on any atom is 0.293 e. The summed E-state index contributed by atoms with van der Waals surface area (Å²) in [4.78, 5) is 27.0. The smallest absolute Gasteiger partial charge is 0.268 e. The highest BCUT2D eigenvalue weighted by Gasteiger charge is 2.35. The van der Waals surface area contributed by atoms with Gasteiger partial charge in [0.2, 0.25) is 0 Å². The summed E-state index contributed by atoms with van der Waals surface area (Å²) in [5.74, 6) is -0.283. The zero-order valence-corrected chi connectivity index (χ0v) is 14.2. The highest BCUT2D eigenvalue weighted by Crippen LogP contribution is 2.34. The molecule has 1 aliphatic rings. The largest absolute Gasteiger partial charge is 0.293 e. The van der Waals surface area contributed by atoms with Crippen molar-refractivity contribution in [2.75, 3.05) is 0 Å². The van der Waals surface area contributed by atoms with Crippen molar-refractivity contribution >= 4 is 63.5 Å². The Morgan fingerprint density at radius 3 is 2.64 bits per heavy atom. The van der Waals surface area contributed by atoms with Crippen LogP contribution in [0.5, 0.6) is 0 Å². The number of benzene rings is 1. The molecule has 1 aromatic heterocycles. The standard InChI is InChI=1S/C15H9Cl2NO2S2/c16-11-4-3-9(6-12(11)17)8-18-14(19)13(22-15(18)20)7-10-2-1-5-21-10/h1-7H,8H2. The molecule has 0 unspecified atom stereocenters. The van der Waals surface area contributed by atoms with Gasteiger partial charge in [0.1, 0.15) is 0 Å². The molecule has 1 aromatic carbocycles. The van der Waals surface area contributed by atoms with Gasteiger partial charge >= 0.3 is 0 Å². The van der Waals surface area contributed by atoms with Gasteiger partial charge in [-0.15, -0.1) is 11.3 Å². The third-order valence-electron chi connectivity index (χ3n) is 3.01. The number of carbonyl (C=O) groups is 2. The molecule has 1 fully saturated rings. The molecule has 2 aromatic rings. The molecule has 3 nitrogen and oxygen atoms in total. The Hall–Kier alpha value is -1.27. The first-order valence-electron chi connectivity index (χ1n) is 6.27. The Bertz CT molecular complexity index is 772. The second-order valence-electron chi connectivity index (χ2n) is 4.53. The first kappa shape index (κ1) is 15.6. The second kappa shape index (κ2) is 6.46. The van der Waals surface area contributed by atoms with Gasteiger partial charge in [0.05, 0.1) is 21.5 Å². The van der Waals surface area contributed by atoms with Crippen molar-refractivity contribution in [3.8, 4) is 0 Å². The lowest BCUT2D eigenvalue weighted by molar-refractivity contribution is -0.123. The summed E-state index contributed by atoms with van der Waals surface area (Å²) >= 11 is 14.3. The highest BCUT2D eigenvalue weighted by atomic mass is 35.5. The van der Waals surface area contributed by atoms with E-state index in [2.05, 4.69) is 0 Å². The van der Waals surface area contributed by atoms with E-state index in [1.807, 2.05) is 17.5 Å². The van der Waals surface area contributed by atoms with Gasteiger partial charge in [-0.1, -0.05) is 35.3 Å². The predicted octanol–water partition coefficient (Wildman–Crippen LogP) is 5.29. The number of halogens is 2. The van der Waals surface area contributed by atoms with Crippen LogP contribution in [-0.2, 0) is 11.3 Å². The molecule has 1 saturated heterocycles. The van der Waals surface area contributed by atoms with Gasteiger partial charge in [-0.2, -0.15) is 0 Å². The molecule has 22 heavy (non-hydrogen) atoms. The molecule has 0 aliphatic carbocycles. The van der Waals surface area contributed by atoms with Crippen LogP contribution in [0.3, 0.4) is 0 Å². The maximum atomic E-state index is 12.4. The molecule has 2 amide bonds. The van der Waals surface area contributed by atoms with Crippen LogP contribution in [0.2, 0.25) is 10.0 Å². The number of thioether (sulfide) groups is 1. The molecule has 2 heterocycles. The van der Waals surface area contributed by atoms with Gasteiger partial charge in [0, 0.05) is 4.88 Å². The number of carbonyl (C=O) groups excluding carboxylic acids is 2. The molecular weight excluding hydrogens is 361 g/mol. The van der Waals surface area contributed by atoms with Crippen LogP contribution in [0.15, 0.2) is 40.6 Å². The van der Waals surface area contributed by atoms with Crippen molar-refractivity contribution in [1.82, 2.24) is 4.90 Å². The lowest BCUT2D eigenvalue weighted by Gasteiger charge is -2.12. The molecule has 0 saturated carbocycles. The van der Waals surface area contributed by atoms with Crippen LogP contribution in [0.4, 0.5) is 4.79 Å². The second-order valence-corrected chi connectivity index (χ2v) is 7.32. The fourth-order valence-corrected chi connectivity index (χ4v) is 3.84. The molecule has 7 heteroatoms. The van der Waals surface area contributed by atoms with Crippen LogP contribution in [-0.4, -0.2) is 16.0 Å². The minimum Gasteiger partial charge on any atom is -0.268 e. The average Bonchev–Trinajstić information content (AvgIpc) is 3.07. The fourth-order valence-electron chi connectivity index (χ4n) is 1.96. The van der Waals surface area contributed by atoms with Crippen LogP contribution in [0.25, 0.3) is 6.08 Å². The Labute approximate surface area is 145 Å². The number of rotatable bonds is 3. The van der Waals surface area contributed by atoms with Crippen LogP contribution >= 0.6 is 46.3 Å². The minimum absolute atomic E-state index is 0.184. The monoisotopic (exact) mass is 369 g/mol. The summed E-state index contributed by atoms with van der Waals surface area (Å²) in [6.45, 7) is 0.184. The van der Waals surface area contributed by atoms with E-state index >= 15 is 0 Å². The van der Waals surface area contributed by atoms with Crippen molar-refractivity contribution in [2.24, 2.45) is 0 Å². The van der Waals surface area contributed by atoms with E-state index in [4.69, 9.17) is 23.2 Å². The zero-order valence-electron chi connectivity index (χ0n) is 11.1. The van der Waals surface area contributed by atoms with E-state index in [0.717, 1.165) is 22.2 Å². The SMILES string of the molecule is O=C1SC(=Cc2cccs2)C(=O)N1Cc1ccc(Cl)c(Cl)c1. The van der Waals surface area contributed by atoms with Gasteiger partial charge in [0.25, 0.3) is 11.1 Å². The number of imide groups is 1. The van der Waals surface area contributed by atoms with E-state index in [9.17, 15) is 9.59 Å². The molecule has 3 rings (SSSR count). The van der Waals surface area contributed by atoms with Crippen molar-refractivity contribution in [1.29, 1.82) is 0 Å². The van der Waals surface area contributed by atoms with E-state index in [0.29, 0.717) is 15.0 Å². The van der Waals surface area contributed by atoms with Gasteiger partial charge in [0.15, 0.2) is 0 Å². The van der Waals surface area contributed by atoms with Crippen LogP contribution < -0.4 is 0 Å². The lowest BCUT2D eigenvalue weighted by atomic mass is 10.2. The summed E-state index contributed by atoms with van der Waals surface area (Å²) in [5.41, 5.74) is 0.758. The molecule has 0 spiro atoms. The molecule has 1 aliphatic heterocycles. The van der Waals surface area contributed by atoms with Gasteiger partial charge in [-0.3, -0.25) is 14.5 Å². The van der Waals surface area contributed by atoms with E-state index in [1.54, 1.807) is 24.3 Å². The molecular formula is C15H9Cl2NO2S2. The molecule has 0 radical (unpaired) electrons. The third-order valence-corrected chi connectivity index (χ3v) is 5.48. The number of hydrogen-bond donors (Lipinski definition) is 0. The first-order valence-corrected chi connectivity index (χ1v) is 8.72. The fraction of sp³-hybridized carbons (Fsp3) is 0.0667. The van der Waals surface area contributed by atoms with Crippen molar-refractivity contribution < 1.29 is 9.59 Å². The normalized spacial score (nSPS) is 16.8. The predicted molar refractivity (Wildman–Crippen MR) is 92.3 cm³/mol. The van der Waals surface area contributed by atoms with Crippen LogP contribution in [0, 0.1) is 0 Å². The van der Waals surface area contributed by atoms with Crippen molar-refractivity contribution in [3.63, 3.8) is 0 Å². The Morgan fingerprint density at radius 1 is 1.14 bits per heavy atom. The lowest BCUT2D eigenvalue weighted by Crippen LogP contribution is -2.27. The van der Waals surface area contributed by atoms with Gasteiger partial charge in [-0.05, 0) is 47.0 Å². The summed E-state index contributed by atoms with van der Waals surface area (Å²) in [7, 11) is 0. The Kier molecular flexibility index (Phi) is 4.59. The van der Waals surface area contributed by atoms with Crippen LogP contribution in [0.1, 0.15) is 10.4 Å². The van der Waals surface area contributed by atoms with E-state index in [1.165, 1.54) is 16.2 Å². The highest BCUT2D eigenvalue weighted by molar-refractivity contribution is 8.18. The quantitative estimate of drug-likeness (QED) is 0.689. The topological polar surface area (TPSA) is 37.4 Å². The summed E-state index contributed by atoms with van der Waals surface area (Å²) < 4.78 is 0. The van der Waals surface area contributed by atoms with Crippen molar-refractivity contribution in [3.05, 3.63) is 61.1 Å². The Morgan fingerprint density at radius 2 is 1.95 bits per heavy atom. The summed E-state index contributed by atoms with van der Waals surface area (Å²) in [6.07, 6.45) is 1.74. The average molecular weight is 370 g/mol. The molecule has 0 bridgehead atoms. The zero-order chi connectivity index (χ0) is 15.7. The molecule has 0 N–H and O–H groups in total. The number of thiophene rings is 1. The minimum atomic E-state index is -0.283. The van der Waals surface area contributed by atoms with E-state index in [-0.39, 0.29) is 17.7 Å². The number of nitrogens with zero attached hydrogens (tertiary/aromatic N) is 1. The van der Waals surface area contributed by atoms with Gasteiger partial charge < -0.3 is 0 Å². The molecule has 0 atom stereocenters. The van der Waals surface area contributed by atoms with Crippen molar-refractivity contribution in [2.45, 2.75) is 6.54 Å². The number of hydrogen-bond acceptors (Lipinski definition) is 4. The number of amides is 2. The third kappa shape index (κ3) is 3.22. The molecule has 112 valence electrons. The Balaban J connectivity index is 1.81.